The van der Waals surface area contributed by atoms with E-state index in [9.17, 15) is 26.4 Å². The number of aromatic amines is 1. The van der Waals surface area contributed by atoms with Crippen molar-refractivity contribution in [3.63, 3.8) is 0 Å². The van der Waals surface area contributed by atoms with Crippen LogP contribution in [0, 0.1) is 18.6 Å². The molecule has 4 N–H and O–H groups in total. The average molecular weight is 585 g/mol. The molecule has 14 heteroatoms. The number of halogens is 3. The van der Waals surface area contributed by atoms with Crippen LogP contribution >= 0.6 is 0 Å². The second-order valence-electron chi connectivity index (χ2n) is 9.12. The minimum atomic E-state index is -3.96. The van der Waals surface area contributed by atoms with E-state index >= 15 is 0 Å². The zero-order chi connectivity index (χ0) is 29.3. The predicted molar refractivity (Wildman–Crippen MR) is 147 cm³/mol. The largest absolute Gasteiger partial charge is 0.439 e. The molecule has 0 fully saturated rings. The quantitative estimate of drug-likeness (QED) is 0.195. The maximum absolute atomic E-state index is 14.6. The number of aromatic nitrogens is 4. The van der Waals surface area contributed by atoms with Gasteiger partial charge in [0.1, 0.15) is 23.2 Å². The average Bonchev–Trinajstić information content (AvgIpc) is 3.50. The first-order chi connectivity index (χ1) is 19.5. The number of carbonyl (C=O) groups is 1. The number of nitrogens with one attached hydrogen (secondary N) is 2. The maximum atomic E-state index is 14.6. The molecule has 0 saturated heterocycles. The van der Waals surface area contributed by atoms with Gasteiger partial charge in [-0.25, -0.2) is 26.9 Å². The van der Waals surface area contributed by atoms with Crippen molar-refractivity contribution in [1.82, 2.24) is 19.7 Å². The van der Waals surface area contributed by atoms with Gasteiger partial charge in [-0.15, -0.1) is 0 Å². The Balaban J connectivity index is 1.39. The molecule has 3 heterocycles. The fraction of sp³-hybridized carbons (Fsp3) is 0.148. The highest BCUT2D eigenvalue weighted by Gasteiger charge is 2.22. The van der Waals surface area contributed by atoms with Crippen LogP contribution in [0.5, 0.6) is 11.6 Å². The molecule has 5 aromatic rings. The zero-order valence-electron chi connectivity index (χ0n) is 21.5. The zero-order valence-corrected chi connectivity index (χ0v) is 22.3. The number of sulfonamides is 1. The van der Waals surface area contributed by atoms with E-state index in [4.69, 9.17) is 10.5 Å². The number of rotatable bonds is 10. The molecule has 0 amide bonds. The molecule has 10 nitrogen and oxygen atoms in total. The number of ether oxygens (including phenoxy) is 1. The number of pyridine rings is 1. The molecule has 0 aliphatic carbocycles. The van der Waals surface area contributed by atoms with Crippen LogP contribution in [0.1, 0.15) is 28.0 Å². The Morgan fingerprint density at radius 2 is 1.95 bits per heavy atom. The summed E-state index contributed by atoms with van der Waals surface area (Å²) < 4.78 is 73.6. The molecule has 0 radical (unpaired) electrons. The summed E-state index contributed by atoms with van der Waals surface area (Å²) in [5, 5.41) is 4.55. The van der Waals surface area contributed by atoms with Gasteiger partial charge in [0.25, 0.3) is 0 Å². The molecule has 0 atom stereocenters. The number of carbonyl (C=O) groups excluding carboxylic acids is 1. The molecule has 0 saturated carbocycles. The number of anilines is 2. The fourth-order valence-electron chi connectivity index (χ4n) is 4.14. The highest BCUT2D eigenvalue weighted by Crippen LogP contribution is 2.28. The maximum Gasteiger partial charge on any atom is 0.232 e. The van der Waals surface area contributed by atoms with E-state index < -0.39 is 39.9 Å². The van der Waals surface area contributed by atoms with E-state index in [1.165, 1.54) is 47.4 Å². The molecule has 0 bridgehead atoms. The monoisotopic (exact) mass is 584 g/mol. The summed E-state index contributed by atoms with van der Waals surface area (Å²) in [7, 11) is -3.96. The smallest absolute Gasteiger partial charge is 0.232 e. The van der Waals surface area contributed by atoms with Gasteiger partial charge in [-0.05, 0) is 49.2 Å². The van der Waals surface area contributed by atoms with Crippen LogP contribution in [-0.4, -0.2) is 46.4 Å². The van der Waals surface area contributed by atoms with Crippen LogP contribution in [0.3, 0.4) is 0 Å². The number of hydrogen-bond donors (Lipinski definition) is 3. The van der Waals surface area contributed by atoms with E-state index in [0.717, 1.165) is 6.07 Å². The van der Waals surface area contributed by atoms with Crippen LogP contribution in [0.2, 0.25) is 0 Å². The molecule has 0 aliphatic heterocycles. The summed E-state index contributed by atoms with van der Waals surface area (Å²) in [4.78, 5) is 20.4. The van der Waals surface area contributed by atoms with Gasteiger partial charge in [0, 0.05) is 23.0 Å². The Kier molecular flexibility index (Phi) is 7.41. The second kappa shape index (κ2) is 11.0. The minimum absolute atomic E-state index is 0.0184. The van der Waals surface area contributed by atoms with Crippen molar-refractivity contribution < 1.29 is 31.1 Å². The summed E-state index contributed by atoms with van der Waals surface area (Å²) in [5.41, 5.74) is 7.48. The number of nitrogen functional groups attached to an aromatic ring is 1. The standard InChI is InChI=1S/C27H23F3N6O4S/c1-15-8-25(40-18-5-2-4-17(29)11-18)32-14-24(15)36-27(31)19(13-33-36)26(37)23-10-16-9-20(30)22(12-21(16)34-23)35-41(38,39)7-3-6-28/h2,4-5,8-14,34-35H,3,6-7,31H2,1H3. The number of hydrogen-bond acceptors (Lipinski definition) is 7. The van der Waals surface area contributed by atoms with Crippen molar-refractivity contribution in [2.75, 3.05) is 22.9 Å². The Hall–Kier alpha value is -4.85. The number of alkyl halides is 1. The Morgan fingerprint density at radius 3 is 2.68 bits per heavy atom. The van der Waals surface area contributed by atoms with Gasteiger partial charge in [-0.3, -0.25) is 13.9 Å². The van der Waals surface area contributed by atoms with Crippen molar-refractivity contribution in [2.24, 2.45) is 0 Å². The lowest BCUT2D eigenvalue weighted by Crippen LogP contribution is -2.17. The van der Waals surface area contributed by atoms with Crippen molar-refractivity contribution >= 4 is 38.2 Å². The highest BCUT2D eigenvalue weighted by atomic mass is 32.2. The molecule has 0 aliphatic rings. The van der Waals surface area contributed by atoms with Gasteiger partial charge in [0.2, 0.25) is 21.7 Å². The van der Waals surface area contributed by atoms with Gasteiger partial charge in [0.15, 0.2) is 0 Å². The van der Waals surface area contributed by atoms with Crippen LogP contribution < -0.4 is 15.2 Å². The van der Waals surface area contributed by atoms with Crippen molar-refractivity contribution in [1.29, 1.82) is 0 Å². The van der Waals surface area contributed by atoms with E-state index in [1.807, 2.05) is 0 Å². The molecular weight excluding hydrogens is 561 g/mol. The molecule has 212 valence electrons. The third-order valence-corrected chi connectivity index (χ3v) is 7.48. The summed E-state index contributed by atoms with van der Waals surface area (Å²) in [5.74, 6) is -1.84. The molecule has 0 spiro atoms. The number of nitrogens with two attached hydrogens (primary N) is 1. The number of H-pyrrole nitrogens is 1. The molecule has 5 rings (SSSR count). The summed E-state index contributed by atoms with van der Waals surface area (Å²) in [6.45, 7) is 0.935. The SMILES string of the molecule is Cc1cc(Oc2cccc(F)c2)ncc1-n1ncc(C(=O)c2cc3cc(F)c(NS(=O)(=O)CCCF)cc3[nH]2)c1N. The van der Waals surface area contributed by atoms with Gasteiger partial charge < -0.3 is 15.5 Å². The predicted octanol–water partition coefficient (Wildman–Crippen LogP) is 5.04. The molecule has 3 aromatic heterocycles. The lowest BCUT2D eigenvalue weighted by Gasteiger charge is -2.10. The summed E-state index contributed by atoms with van der Waals surface area (Å²) >= 11 is 0. The lowest BCUT2D eigenvalue weighted by atomic mass is 10.1. The van der Waals surface area contributed by atoms with Gasteiger partial charge in [0.05, 0.1) is 47.5 Å². The minimum Gasteiger partial charge on any atom is -0.439 e. The normalized spacial score (nSPS) is 11.6. The number of ketones is 1. The van der Waals surface area contributed by atoms with E-state index in [-0.39, 0.29) is 46.3 Å². The summed E-state index contributed by atoms with van der Waals surface area (Å²) in [6.07, 6.45) is 2.51. The van der Waals surface area contributed by atoms with Crippen LogP contribution in [0.4, 0.5) is 24.7 Å². The first-order valence-electron chi connectivity index (χ1n) is 12.2. The topological polar surface area (TPSA) is 145 Å². The first-order valence-corrected chi connectivity index (χ1v) is 13.9. The second-order valence-corrected chi connectivity index (χ2v) is 11.0. The van der Waals surface area contributed by atoms with E-state index in [1.54, 1.807) is 19.1 Å². The molecular formula is C27H23F3N6O4S. The van der Waals surface area contributed by atoms with Gasteiger partial charge >= 0.3 is 0 Å². The highest BCUT2D eigenvalue weighted by molar-refractivity contribution is 7.92. The van der Waals surface area contributed by atoms with Crippen molar-refractivity contribution in [3.8, 4) is 17.3 Å². The third kappa shape index (κ3) is 5.87. The first kappa shape index (κ1) is 27.7. The van der Waals surface area contributed by atoms with Crippen LogP contribution in [0.25, 0.3) is 16.6 Å². The molecule has 41 heavy (non-hydrogen) atoms. The van der Waals surface area contributed by atoms with Gasteiger partial charge in [-0.2, -0.15) is 5.10 Å². The number of nitrogens with zero attached hydrogens (tertiary/aromatic N) is 3. The van der Waals surface area contributed by atoms with E-state index in [2.05, 4.69) is 19.8 Å². The number of fused-ring (bicyclic) bond motifs is 1. The fourth-order valence-corrected chi connectivity index (χ4v) is 5.22. The third-order valence-electron chi connectivity index (χ3n) is 6.12. The Morgan fingerprint density at radius 1 is 1.15 bits per heavy atom. The Bertz CT molecular complexity index is 1890. The lowest BCUT2D eigenvalue weighted by molar-refractivity contribution is 0.103. The van der Waals surface area contributed by atoms with Crippen LogP contribution in [-0.2, 0) is 10.0 Å². The Labute approximate surface area is 232 Å². The van der Waals surface area contributed by atoms with E-state index in [0.29, 0.717) is 16.6 Å². The number of aryl methyl sites for hydroxylation is 1. The summed E-state index contributed by atoms with van der Waals surface area (Å²) in [6, 6.07) is 10.9. The molecule has 0 unspecified atom stereocenters. The van der Waals surface area contributed by atoms with Crippen molar-refractivity contribution in [2.45, 2.75) is 13.3 Å². The van der Waals surface area contributed by atoms with Crippen LogP contribution in [0.15, 0.2) is 60.9 Å². The van der Waals surface area contributed by atoms with Crippen molar-refractivity contribution in [3.05, 3.63) is 89.4 Å². The molecule has 2 aromatic carbocycles. The number of benzene rings is 2. The van der Waals surface area contributed by atoms with Gasteiger partial charge in [-0.1, -0.05) is 6.07 Å².